The Hall–Kier alpha value is -1.32. The van der Waals surface area contributed by atoms with Crippen LogP contribution in [0.25, 0.3) is 0 Å². The minimum atomic E-state index is -0.0899. The van der Waals surface area contributed by atoms with Crippen LogP contribution in [0.15, 0.2) is 46.9 Å². The Bertz CT molecular complexity index is 548. The Balaban J connectivity index is 2.24. The van der Waals surface area contributed by atoms with Crippen LogP contribution in [0, 0.1) is 13.8 Å². The van der Waals surface area contributed by atoms with Crippen LogP contribution in [0.5, 0.6) is 0 Å². The molecule has 0 radical (unpaired) electrons. The van der Waals surface area contributed by atoms with Crippen LogP contribution in [0.1, 0.15) is 22.7 Å². The van der Waals surface area contributed by atoms with E-state index in [2.05, 4.69) is 53.3 Å². The second-order valence-corrected chi connectivity index (χ2v) is 5.73. The van der Waals surface area contributed by atoms with Gasteiger partial charge in [-0.05, 0) is 37.6 Å². The number of aliphatic hydroxyl groups excluding tert-OH is 1. The van der Waals surface area contributed by atoms with Crippen LogP contribution in [-0.2, 0) is 0 Å². The van der Waals surface area contributed by atoms with Crippen molar-refractivity contribution in [1.29, 1.82) is 0 Å². The number of aliphatic hydroxyl groups is 1. The number of rotatable bonds is 4. The van der Waals surface area contributed by atoms with Crippen molar-refractivity contribution >= 4 is 21.6 Å². The van der Waals surface area contributed by atoms with Crippen LogP contribution < -0.4 is 5.32 Å². The van der Waals surface area contributed by atoms with Crippen LogP contribution in [0.3, 0.4) is 0 Å². The van der Waals surface area contributed by atoms with Crippen molar-refractivity contribution in [1.82, 2.24) is 0 Å². The van der Waals surface area contributed by atoms with Crippen LogP contribution >= 0.6 is 15.9 Å². The largest absolute Gasteiger partial charge is 0.394 e. The minimum Gasteiger partial charge on any atom is -0.394 e. The molecular formula is C16H18BrNO. The van der Waals surface area contributed by atoms with Crippen molar-refractivity contribution < 1.29 is 5.11 Å². The van der Waals surface area contributed by atoms with Crippen molar-refractivity contribution in [3.63, 3.8) is 0 Å². The summed E-state index contributed by atoms with van der Waals surface area (Å²) in [5.74, 6) is 0. The van der Waals surface area contributed by atoms with Gasteiger partial charge in [0.25, 0.3) is 0 Å². The average Bonchev–Trinajstić information content (AvgIpc) is 2.34. The van der Waals surface area contributed by atoms with E-state index in [1.54, 1.807) is 0 Å². The number of anilines is 1. The molecule has 0 aliphatic rings. The predicted octanol–water partition coefficient (Wildman–Crippen LogP) is 4.21. The normalized spacial score (nSPS) is 12.2. The van der Waals surface area contributed by atoms with Crippen molar-refractivity contribution in [3.8, 4) is 0 Å². The van der Waals surface area contributed by atoms with E-state index in [4.69, 9.17) is 0 Å². The molecule has 0 fully saturated rings. The Kier molecular flexibility index (Phi) is 4.61. The van der Waals surface area contributed by atoms with Gasteiger partial charge in [0.15, 0.2) is 0 Å². The van der Waals surface area contributed by atoms with Gasteiger partial charge >= 0.3 is 0 Å². The molecule has 2 N–H and O–H groups in total. The first kappa shape index (κ1) is 14.1. The van der Waals surface area contributed by atoms with E-state index >= 15 is 0 Å². The van der Waals surface area contributed by atoms with Crippen LogP contribution in [0.4, 0.5) is 5.69 Å². The highest BCUT2D eigenvalue weighted by atomic mass is 79.9. The molecule has 0 heterocycles. The molecule has 2 aromatic rings. The molecule has 0 aliphatic heterocycles. The highest BCUT2D eigenvalue weighted by Gasteiger charge is 2.11. The van der Waals surface area contributed by atoms with E-state index in [-0.39, 0.29) is 12.6 Å². The lowest BCUT2D eigenvalue weighted by Gasteiger charge is -2.19. The number of benzene rings is 2. The molecule has 0 saturated carbocycles. The van der Waals surface area contributed by atoms with Gasteiger partial charge in [0.1, 0.15) is 0 Å². The summed E-state index contributed by atoms with van der Waals surface area (Å²) in [7, 11) is 0. The molecule has 0 amide bonds. The van der Waals surface area contributed by atoms with E-state index < -0.39 is 0 Å². The van der Waals surface area contributed by atoms with Crippen molar-refractivity contribution in [2.75, 3.05) is 11.9 Å². The lowest BCUT2D eigenvalue weighted by molar-refractivity contribution is 0.276. The summed E-state index contributed by atoms with van der Waals surface area (Å²) in [6, 6.07) is 14.2. The summed E-state index contributed by atoms with van der Waals surface area (Å²) >= 11 is 3.45. The molecule has 1 unspecified atom stereocenters. The molecule has 0 aromatic heterocycles. The fraction of sp³-hybridized carbons (Fsp3) is 0.250. The monoisotopic (exact) mass is 319 g/mol. The second kappa shape index (κ2) is 6.22. The van der Waals surface area contributed by atoms with E-state index in [1.165, 1.54) is 11.1 Å². The van der Waals surface area contributed by atoms with Gasteiger partial charge in [-0.15, -0.1) is 0 Å². The molecule has 0 aliphatic carbocycles. The Morgan fingerprint density at radius 1 is 1.11 bits per heavy atom. The van der Waals surface area contributed by atoms with Gasteiger partial charge in [-0.3, -0.25) is 0 Å². The third-order valence-corrected chi connectivity index (χ3v) is 3.49. The van der Waals surface area contributed by atoms with E-state index in [9.17, 15) is 5.11 Å². The number of aryl methyl sites for hydroxylation is 2. The van der Waals surface area contributed by atoms with Crippen molar-refractivity contribution in [2.24, 2.45) is 0 Å². The van der Waals surface area contributed by atoms with Gasteiger partial charge < -0.3 is 10.4 Å². The maximum atomic E-state index is 9.62. The number of nitrogens with one attached hydrogen (secondary N) is 1. The SMILES string of the molecule is Cc1cc(C)cc(C(CO)Nc2cccc(Br)c2)c1. The average molecular weight is 320 g/mol. The standard InChI is InChI=1S/C16H18BrNO/c1-11-6-12(2)8-13(7-11)16(10-19)18-15-5-3-4-14(17)9-15/h3-9,16,18-19H,10H2,1-2H3. The summed E-state index contributed by atoms with van der Waals surface area (Å²) in [4.78, 5) is 0. The second-order valence-electron chi connectivity index (χ2n) is 4.81. The Morgan fingerprint density at radius 3 is 2.37 bits per heavy atom. The fourth-order valence-electron chi connectivity index (χ4n) is 2.22. The van der Waals surface area contributed by atoms with Crippen LogP contribution in [-0.4, -0.2) is 11.7 Å². The molecule has 100 valence electrons. The Labute approximate surface area is 122 Å². The third-order valence-electron chi connectivity index (χ3n) is 2.99. The van der Waals surface area contributed by atoms with Gasteiger partial charge in [-0.1, -0.05) is 51.3 Å². The zero-order chi connectivity index (χ0) is 13.8. The number of halogens is 1. The zero-order valence-electron chi connectivity index (χ0n) is 11.2. The molecule has 19 heavy (non-hydrogen) atoms. The van der Waals surface area contributed by atoms with E-state index in [0.717, 1.165) is 15.7 Å². The predicted molar refractivity (Wildman–Crippen MR) is 83.5 cm³/mol. The quantitative estimate of drug-likeness (QED) is 0.884. The smallest absolute Gasteiger partial charge is 0.0745 e. The molecule has 2 aromatic carbocycles. The van der Waals surface area contributed by atoms with E-state index in [1.807, 2.05) is 24.3 Å². The highest BCUT2D eigenvalue weighted by molar-refractivity contribution is 9.10. The van der Waals surface area contributed by atoms with Gasteiger partial charge in [0.05, 0.1) is 12.6 Å². The van der Waals surface area contributed by atoms with Gasteiger partial charge in [0.2, 0.25) is 0 Å². The topological polar surface area (TPSA) is 32.3 Å². The first-order chi connectivity index (χ1) is 9.08. The maximum absolute atomic E-state index is 9.62. The third kappa shape index (κ3) is 3.82. The minimum absolute atomic E-state index is 0.0649. The summed E-state index contributed by atoms with van der Waals surface area (Å²) in [5, 5.41) is 13.0. The van der Waals surface area contributed by atoms with Crippen LogP contribution in [0.2, 0.25) is 0 Å². The molecule has 0 saturated heterocycles. The molecule has 2 rings (SSSR count). The van der Waals surface area contributed by atoms with Crippen molar-refractivity contribution in [3.05, 3.63) is 63.6 Å². The van der Waals surface area contributed by atoms with Gasteiger partial charge in [-0.25, -0.2) is 0 Å². The number of hydrogen-bond acceptors (Lipinski definition) is 2. The first-order valence-electron chi connectivity index (χ1n) is 6.29. The zero-order valence-corrected chi connectivity index (χ0v) is 12.7. The lowest BCUT2D eigenvalue weighted by atomic mass is 10.0. The lowest BCUT2D eigenvalue weighted by Crippen LogP contribution is -2.15. The van der Waals surface area contributed by atoms with Gasteiger partial charge in [0, 0.05) is 10.2 Å². The summed E-state index contributed by atoms with van der Waals surface area (Å²) in [5.41, 5.74) is 4.53. The summed E-state index contributed by atoms with van der Waals surface area (Å²) in [6.45, 7) is 4.21. The first-order valence-corrected chi connectivity index (χ1v) is 7.09. The molecule has 0 spiro atoms. The molecule has 3 heteroatoms. The summed E-state index contributed by atoms with van der Waals surface area (Å²) < 4.78 is 1.02. The molecule has 1 atom stereocenters. The molecular weight excluding hydrogens is 302 g/mol. The number of hydrogen-bond donors (Lipinski definition) is 2. The van der Waals surface area contributed by atoms with Crippen molar-refractivity contribution in [2.45, 2.75) is 19.9 Å². The van der Waals surface area contributed by atoms with Gasteiger partial charge in [-0.2, -0.15) is 0 Å². The Morgan fingerprint density at radius 2 is 1.79 bits per heavy atom. The summed E-state index contributed by atoms with van der Waals surface area (Å²) in [6.07, 6.45) is 0. The molecule has 2 nitrogen and oxygen atoms in total. The highest BCUT2D eigenvalue weighted by Crippen LogP contribution is 2.23. The maximum Gasteiger partial charge on any atom is 0.0745 e. The molecule has 0 bridgehead atoms. The van der Waals surface area contributed by atoms with E-state index in [0.29, 0.717) is 0 Å². The fourth-order valence-corrected chi connectivity index (χ4v) is 2.62.